The third-order valence-electron chi connectivity index (χ3n) is 3.50. The number of hydrogen-bond donors (Lipinski definition) is 1. The number of likely N-dealkylation sites (tertiary alicyclic amines) is 1. The lowest BCUT2D eigenvalue weighted by Gasteiger charge is -2.20. The molecule has 4 nitrogen and oxygen atoms in total. The van der Waals surface area contributed by atoms with Crippen LogP contribution >= 0.6 is 0 Å². The number of rotatable bonds is 5. The number of ether oxygens (including phenoxy) is 1. The van der Waals surface area contributed by atoms with Gasteiger partial charge in [-0.25, -0.2) is 0 Å². The van der Waals surface area contributed by atoms with Gasteiger partial charge in [-0.15, -0.1) is 0 Å². The average Bonchev–Trinajstić information content (AvgIpc) is 2.97. The zero-order valence-electron chi connectivity index (χ0n) is 11.9. The monoisotopic (exact) mass is 254 g/mol. The highest BCUT2D eigenvalue weighted by Gasteiger charge is 2.34. The number of carbonyl (C=O) groups excluding carboxylic acids is 1. The minimum absolute atomic E-state index is 0.153. The summed E-state index contributed by atoms with van der Waals surface area (Å²) in [6.45, 7) is 9.40. The average molecular weight is 254 g/mol. The van der Waals surface area contributed by atoms with Crippen LogP contribution in [-0.4, -0.2) is 48.7 Å². The van der Waals surface area contributed by atoms with Crippen LogP contribution in [0, 0.1) is 5.92 Å². The molecule has 1 aliphatic carbocycles. The summed E-state index contributed by atoms with van der Waals surface area (Å²) < 4.78 is 5.26. The van der Waals surface area contributed by atoms with E-state index in [0.717, 1.165) is 12.6 Å². The molecule has 2 aliphatic rings. The summed E-state index contributed by atoms with van der Waals surface area (Å²) in [5.74, 6) is 0.549. The molecule has 4 heteroatoms. The van der Waals surface area contributed by atoms with Crippen molar-refractivity contribution in [2.24, 2.45) is 5.92 Å². The molecule has 1 heterocycles. The molecule has 1 saturated carbocycles. The second-order valence-corrected chi connectivity index (χ2v) is 6.60. The summed E-state index contributed by atoms with van der Waals surface area (Å²) in [7, 11) is 0. The summed E-state index contributed by atoms with van der Waals surface area (Å²) in [4.78, 5) is 14.1. The van der Waals surface area contributed by atoms with E-state index < -0.39 is 0 Å². The Morgan fingerprint density at radius 2 is 2.06 bits per heavy atom. The first-order valence-electron chi connectivity index (χ1n) is 7.10. The maximum Gasteiger partial charge on any atom is 0.320 e. The Balaban J connectivity index is 1.57. The van der Waals surface area contributed by atoms with Crippen molar-refractivity contribution in [1.82, 2.24) is 10.2 Å². The molecule has 0 bridgehead atoms. The molecule has 0 radical (unpaired) electrons. The van der Waals surface area contributed by atoms with E-state index in [1.54, 1.807) is 0 Å². The van der Waals surface area contributed by atoms with Crippen LogP contribution in [0.5, 0.6) is 0 Å². The standard InChI is InChI=1S/C14H26N2O2/c1-14(2,3)18-13(17)9-15-8-11-6-7-16(10-11)12-4-5-12/h11-12,15H,4-10H2,1-3H3. The van der Waals surface area contributed by atoms with Crippen LogP contribution < -0.4 is 5.32 Å². The minimum Gasteiger partial charge on any atom is -0.459 e. The highest BCUT2D eigenvalue weighted by Crippen LogP contribution is 2.31. The summed E-state index contributed by atoms with van der Waals surface area (Å²) >= 11 is 0. The summed E-state index contributed by atoms with van der Waals surface area (Å²) in [6, 6.07) is 0.876. The van der Waals surface area contributed by atoms with Crippen molar-refractivity contribution < 1.29 is 9.53 Å². The molecule has 1 aliphatic heterocycles. The first-order chi connectivity index (χ1) is 8.44. The fourth-order valence-corrected chi connectivity index (χ4v) is 2.56. The highest BCUT2D eigenvalue weighted by molar-refractivity contribution is 5.72. The van der Waals surface area contributed by atoms with Gasteiger partial charge >= 0.3 is 5.97 Å². The van der Waals surface area contributed by atoms with Crippen LogP contribution in [0.15, 0.2) is 0 Å². The van der Waals surface area contributed by atoms with Gasteiger partial charge in [0, 0.05) is 12.6 Å². The summed E-state index contributed by atoms with van der Waals surface area (Å²) in [6.07, 6.45) is 4.04. The Hall–Kier alpha value is -0.610. The van der Waals surface area contributed by atoms with Gasteiger partial charge in [0.25, 0.3) is 0 Å². The van der Waals surface area contributed by atoms with Crippen LogP contribution in [0.25, 0.3) is 0 Å². The van der Waals surface area contributed by atoms with Crippen LogP contribution in [0.4, 0.5) is 0 Å². The lowest BCUT2D eigenvalue weighted by molar-refractivity contribution is -0.153. The van der Waals surface area contributed by atoms with E-state index in [1.807, 2.05) is 20.8 Å². The second-order valence-electron chi connectivity index (χ2n) is 6.60. The summed E-state index contributed by atoms with van der Waals surface area (Å²) in [5.41, 5.74) is -0.380. The predicted molar refractivity (Wildman–Crippen MR) is 71.4 cm³/mol. The molecule has 1 unspecified atom stereocenters. The third kappa shape index (κ3) is 4.58. The first kappa shape index (κ1) is 13.8. The second kappa shape index (κ2) is 5.57. The van der Waals surface area contributed by atoms with Crippen molar-refractivity contribution >= 4 is 5.97 Å². The molecule has 1 saturated heterocycles. The largest absolute Gasteiger partial charge is 0.459 e. The van der Waals surface area contributed by atoms with Crippen molar-refractivity contribution in [3.63, 3.8) is 0 Å². The number of nitrogens with zero attached hydrogens (tertiary/aromatic N) is 1. The van der Waals surface area contributed by atoms with Gasteiger partial charge < -0.3 is 15.0 Å². The molecule has 0 amide bonds. The molecule has 1 atom stereocenters. The molecule has 0 aromatic rings. The summed E-state index contributed by atoms with van der Waals surface area (Å²) in [5, 5.41) is 3.23. The number of hydrogen-bond acceptors (Lipinski definition) is 4. The predicted octanol–water partition coefficient (Wildman–Crippen LogP) is 1.40. The fourth-order valence-electron chi connectivity index (χ4n) is 2.56. The molecule has 2 rings (SSSR count). The molecule has 18 heavy (non-hydrogen) atoms. The molecule has 0 aromatic heterocycles. The normalized spacial score (nSPS) is 25.4. The molecular weight excluding hydrogens is 228 g/mol. The van der Waals surface area contributed by atoms with Crippen LogP contribution in [0.2, 0.25) is 0 Å². The van der Waals surface area contributed by atoms with E-state index >= 15 is 0 Å². The van der Waals surface area contributed by atoms with Crippen molar-refractivity contribution in [1.29, 1.82) is 0 Å². The van der Waals surface area contributed by atoms with Gasteiger partial charge in [-0.1, -0.05) is 0 Å². The molecule has 2 fully saturated rings. The van der Waals surface area contributed by atoms with Gasteiger partial charge in [-0.05, 0) is 59.0 Å². The molecule has 0 aromatic carbocycles. The zero-order valence-corrected chi connectivity index (χ0v) is 11.9. The number of carbonyl (C=O) groups is 1. The van der Waals surface area contributed by atoms with Gasteiger partial charge in [0.1, 0.15) is 5.60 Å². The number of esters is 1. The SMILES string of the molecule is CC(C)(C)OC(=O)CNCC1CCN(C2CC2)C1. The lowest BCUT2D eigenvalue weighted by atomic mass is 10.1. The Morgan fingerprint density at radius 1 is 1.33 bits per heavy atom. The third-order valence-corrected chi connectivity index (χ3v) is 3.50. The van der Waals surface area contributed by atoms with Gasteiger partial charge in [-0.2, -0.15) is 0 Å². The Bertz CT molecular complexity index is 295. The van der Waals surface area contributed by atoms with E-state index in [-0.39, 0.29) is 11.6 Å². The van der Waals surface area contributed by atoms with Gasteiger partial charge in [0.15, 0.2) is 0 Å². The van der Waals surface area contributed by atoms with Crippen LogP contribution in [-0.2, 0) is 9.53 Å². The van der Waals surface area contributed by atoms with E-state index in [2.05, 4.69) is 10.2 Å². The first-order valence-corrected chi connectivity index (χ1v) is 7.10. The smallest absolute Gasteiger partial charge is 0.320 e. The zero-order chi connectivity index (χ0) is 13.2. The van der Waals surface area contributed by atoms with Crippen molar-refractivity contribution in [3.8, 4) is 0 Å². The number of nitrogens with one attached hydrogen (secondary N) is 1. The van der Waals surface area contributed by atoms with Gasteiger partial charge in [0.2, 0.25) is 0 Å². The molecular formula is C14H26N2O2. The van der Waals surface area contributed by atoms with Crippen LogP contribution in [0.1, 0.15) is 40.0 Å². The van der Waals surface area contributed by atoms with Crippen molar-refractivity contribution in [2.45, 2.75) is 51.7 Å². The quantitative estimate of drug-likeness (QED) is 0.753. The maximum atomic E-state index is 11.5. The lowest BCUT2D eigenvalue weighted by Crippen LogP contribution is -2.34. The van der Waals surface area contributed by atoms with E-state index in [1.165, 1.54) is 32.4 Å². The van der Waals surface area contributed by atoms with Gasteiger partial charge in [0.05, 0.1) is 6.54 Å². The Kier molecular flexibility index (Phi) is 4.28. The fraction of sp³-hybridized carbons (Fsp3) is 0.929. The van der Waals surface area contributed by atoms with E-state index in [9.17, 15) is 4.79 Å². The highest BCUT2D eigenvalue weighted by atomic mass is 16.6. The Labute approximate surface area is 110 Å². The van der Waals surface area contributed by atoms with E-state index in [4.69, 9.17) is 4.74 Å². The minimum atomic E-state index is -0.380. The van der Waals surface area contributed by atoms with Gasteiger partial charge in [-0.3, -0.25) is 4.79 Å². The van der Waals surface area contributed by atoms with Crippen LogP contribution in [0.3, 0.4) is 0 Å². The Morgan fingerprint density at radius 3 is 2.67 bits per heavy atom. The topological polar surface area (TPSA) is 41.6 Å². The van der Waals surface area contributed by atoms with Crippen molar-refractivity contribution in [3.05, 3.63) is 0 Å². The molecule has 1 N–H and O–H groups in total. The van der Waals surface area contributed by atoms with Crippen molar-refractivity contribution in [2.75, 3.05) is 26.2 Å². The molecule has 104 valence electrons. The maximum absolute atomic E-state index is 11.5. The van der Waals surface area contributed by atoms with E-state index in [0.29, 0.717) is 12.5 Å². The molecule has 0 spiro atoms.